The van der Waals surface area contributed by atoms with Gasteiger partial charge in [0.05, 0.1) is 0 Å². The van der Waals surface area contributed by atoms with E-state index in [1.165, 1.54) is 66.5 Å². The van der Waals surface area contributed by atoms with Crippen LogP contribution >= 0.6 is 0 Å². The van der Waals surface area contributed by atoms with Crippen LogP contribution in [0.15, 0.2) is 182 Å². The Morgan fingerprint density at radius 1 is 0.333 bits per heavy atom. The van der Waals surface area contributed by atoms with Crippen molar-refractivity contribution in [2.75, 3.05) is 14.7 Å². The SMILES string of the molecule is CC(C)(C)c1ccc(N2c3cc(-c4ccc(C=O)cc4)ccc3B3c4cc(C(C)(C)C)cc5c4N(c4cccc2c43)c2cc(-c3ccc(C=O)cc3)cc3c2B5c2ccccc2N3c2ccc(C(C)(C)C)cc2)cc1. The highest BCUT2D eigenvalue weighted by Crippen LogP contribution is 2.50. The Kier molecular flexibility index (Phi) is 10.4. The normalized spacial score (nSPS) is 13.9. The lowest BCUT2D eigenvalue weighted by Crippen LogP contribution is -2.68. The second-order valence-corrected chi connectivity index (χ2v) is 24.2. The fraction of sp³-hybridized carbons (Fsp3) is 0.176. The van der Waals surface area contributed by atoms with E-state index < -0.39 is 0 Å². The van der Waals surface area contributed by atoms with Crippen LogP contribution in [0, 0.1) is 0 Å². The van der Waals surface area contributed by atoms with Gasteiger partial charge in [0.2, 0.25) is 0 Å². The Hall–Kier alpha value is -8.15. The smallest absolute Gasteiger partial charge is 0.252 e. The van der Waals surface area contributed by atoms with Gasteiger partial charge in [0.15, 0.2) is 0 Å². The summed E-state index contributed by atoms with van der Waals surface area (Å²) in [6, 6.07) is 67.2. The topological polar surface area (TPSA) is 43.9 Å². The van der Waals surface area contributed by atoms with Crippen molar-refractivity contribution in [3.8, 4) is 22.3 Å². The van der Waals surface area contributed by atoms with Crippen molar-refractivity contribution in [1.82, 2.24) is 0 Å². The minimum absolute atomic E-state index is 0.00170. The molecule has 0 amide bonds. The van der Waals surface area contributed by atoms with E-state index in [1.807, 2.05) is 24.3 Å². The maximum Gasteiger partial charge on any atom is 0.252 e. The molecule has 0 N–H and O–H groups in total. The summed E-state index contributed by atoms with van der Waals surface area (Å²) in [5, 5.41) is 0. The molecule has 0 aromatic heterocycles. The number of nitrogens with zero attached hydrogens (tertiary/aromatic N) is 3. The van der Waals surface area contributed by atoms with Crippen molar-refractivity contribution < 1.29 is 9.59 Å². The van der Waals surface area contributed by atoms with E-state index >= 15 is 0 Å². The van der Waals surface area contributed by atoms with E-state index in [4.69, 9.17) is 0 Å². The molecule has 0 radical (unpaired) electrons. The fourth-order valence-electron chi connectivity index (χ4n) is 12.5. The van der Waals surface area contributed by atoms with Crippen molar-refractivity contribution in [2.45, 2.75) is 78.6 Å². The molecule has 5 nitrogen and oxygen atoms in total. The number of carbonyl (C=O) groups excluding carboxylic acids is 2. The summed E-state index contributed by atoms with van der Waals surface area (Å²) < 4.78 is 0. The molecule has 364 valence electrons. The van der Waals surface area contributed by atoms with Gasteiger partial charge in [-0.15, -0.1) is 0 Å². The standard InChI is InChI=1S/C68H59B2N3O2/c1-66(2,3)48-26-30-51(31-27-48)71-57-14-11-10-13-53(57)69-55-38-50(68(7,8)9)39-56-65(55)73(62-37-47(36-61(71)64(62)69)45-23-19-43(41-75)20-24-45)59-16-12-15-58-63(59)70(56)54-34-25-46(44-21-17-42(40-74)18-22-44)35-60(54)72(58)52-32-28-49(29-33-52)67(4,5)6/h10-41H,1-9H3. The molecule has 0 bridgehead atoms. The van der Waals surface area contributed by atoms with E-state index in [2.05, 4.69) is 235 Å². The molecule has 4 aliphatic heterocycles. The van der Waals surface area contributed by atoms with Crippen molar-refractivity contribution in [2.24, 2.45) is 0 Å². The average molecular weight is 972 g/mol. The summed E-state index contributed by atoms with van der Waals surface area (Å²) in [6.07, 6.45) is 1.83. The lowest BCUT2D eigenvalue weighted by atomic mass is 9.29. The third kappa shape index (κ3) is 7.29. The zero-order valence-corrected chi connectivity index (χ0v) is 44.3. The van der Waals surface area contributed by atoms with E-state index in [-0.39, 0.29) is 29.7 Å². The lowest BCUT2D eigenvalue weighted by molar-refractivity contribution is 0.111. The highest BCUT2D eigenvalue weighted by molar-refractivity contribution is 7.04. The Bertz CT molecular complexity index is 3820. The number of para-hydroxylation sites is 1. The van der Waals surface area contributed by atoms with Crippen LogP contribution in [0.1, 0.15) is 99.7 Å². The van der Waals surface area contributed by atoms with Gasteiger partial charge in [-0.3, -0.25) is 9.59 Å². The first-order valence-corrected chi connectivity index (χ1v) is 26.4. The van der Waals surface area contributed by atoms with Crippen molar-refractivity contribution >= 4 is 110 Å². The first-order chi connectivity index (χ1) is 36.0. The summed E-state index contributed by atoms with van der Waals surface area (Å²) >= 11 is 0. The predicted octanol–water partition coefficient (Wildman–Crippen LogP) is 13.2. The van der Waals surface area contributed by atoms with Gasteiger partial charge >= 0.3 is 0 Å². The quantitative estimate of drug-likeness (QED) is 0.123. The van der Waals surface area contributed by atoms with E-state index in [0.717, 1.165) is 69.0 Å². The summed E-state index contributed by atoms with van der Waals surface area (Å²) in [5.41, 5.74) is 27.4. The zero-order chi connectivity index (χ0) is 51.9. The number of hydrogen-bond acceptors (Lipinski definition) is 5. The molecule has 0 saturated carbocycles. The number of carbonyl (C=O) groups is 2. The molecule has 7 heteroatoms. The minimum Gasteiger partial charge on any atom is -0.312 e. The molecule has 0 fully saturated rings. The van der Waals surface area contributed by atoms with Crippen LogP contribution in [-0.2, 0) is 16.2 Å². The second-order valence-electron chi connectivity index (χ2n) is 24.2. The molecular formula is C68H59B2N3O2. The van der Waals surface area contributed by atoms with Crippen LogP contribution < -0.4 is 47.5 Å². The highest BCUT2D eigenvalue weighted by Gasteiger charge is 2.51. The molecule has 0 atom stereocenters. The van der Waals surface area contributed by atoms with Gasteiger partial charge in [-0.1, -0.05) is 184 Å². The summed E-state index contributed by atoms with van der Waals surface area (Å²) in [4.78, 5) is 31.4. The fourth-order valence-corrected chi connectivity index (χ4v) is 12.5. The number of rotatable bonds is 6. The molecule has 9 aromatic rings. The zero-order valence-electron chi connectivity index (χ0n) is 44.3. The molecule has 0 unspecified atom stereocenters. The summed E-state index contributed by atoms with van der Waals surface area (Å²) in [5.74, 6) is 0. The third-order valence-electron chi connectivity index (χ3n) is 16.4. The van der Waals surface area contributed by atoms with Gasteiger partial charge in [-0.25, -0.2) is 0 Å². The van der Waals surface area contributed by atoms with E-state index in [9.17, 15) is 9.59 Å². The molecular weight excluding hydrogens is 912 g/mol. The van der Waals surface area contributed by atoms with E-state index in [0.29, 0.717) is 11.1 Å². The van der Waals surface area contributed by atoms with E-state index in [1.54, 1.807) is 0 Å². The van der Waals surface area contributed by atoms with Gasteiger partial charge < -0.3 is 14.7 Å². The first kappa shape index (κ1) is 46.6. The molecule has 0 aliphatic carbocycles. The predicted molar refractivity (Wildman–Crippen MR) is 318 cm³/mol. The van der Waals surface area contributed by atoms with Crippen LogP contribution in [0.5, 0.6) is 0 Å². The molecule has 4 heterocycles. The van der Waals surface area contributed by atoms with Crippen molar-refractivity contribution in [1.29, 1.82) is 0 Å². The second kappa shape index (κ2) is 16.7. The van der Waals surface area contributed by atoms with Crippen molar-refractivity contribution in [3.05, 3.63) is 210 Å². The molecule has 0 spiro atoms. The van der Waals surface area contributed by atoms with Crippen LogP contribution in [0.4, 0.5) is 51.2 Å². The van der Waals surface area contributed by atoms with Crippen LogP contribution in [0.25, 0.3) is 22.3 Å². The number of hydrogen-bond donors (Lipinski definition) is 0. The molecule has 9 aromatic carbocycles. The summed E-state index contributed by atoms with van der Waals surface area (Å²) in [6.45, 7) is 20.5. The highest BCUT2D eigenvalue weighted by atomic mass is 16.1. The summed E-state index contributed by atoms with van der Waals surface area (Å²) in [7, 11) is 0. The van der Waals surface area contributed by atoms with Crippen LogP contribution in [-0.4, -0.2) is 26.0 Å². The van der Waals surface area contributed by atoms with Crippen LogP contribution in [0.2, 0.25) is 0 Å². The maximum absolute atomic E-state index is 12.0. The number of anilines is 9. The molecule has 75 heavy (non-hydrogen) atoms. The number of benzene rings is 9. The number of aldehydes is 2. The van der Waals surface area contributed by atoms with Gasteiger partial charge in [0.1, 0.15) is 12.6 Å². The monoisotopic (exact) mass is 971 g/mol. The Morgan fingerprint density at radius 2 is 0.747 bits per heavy atom. The minimum atomic E-state index is -0.165. The Morgan fingerprint density at radius 3 is 1.27 bits per heavy atom. The van der Waals surface area contributed by atoms with Crippen molar-refractivity contribution in [3.63, 3.8) is 0 Å². The molecule has 4 aliphatic rings. The molecule has 13 rings (SSSR count). The third-order valence-corrected chi connectivity index (χ3v) is 16.4. The van der Waals surface area contributed by atoms with Gasteiger partial charge in [-0.05, 0) is 149 Å². The van der Waals surface area contributed by atoms with Gasteiger partial charge in [-0.2, -0.15) is 0 Å². The number of fused-ring (bicyclic) bond motifs is 8. The average Bonchev–Trinajstić information content (AvgIpc) is 3.41. The Balaban J connectivity index is 1.13. The van der Waals surface area contributed by atoms with Gasteiger partial charge in [0.25, 0.3) is 13.4 Å². The van der Waals surface area contributed by atoms with Gasteiger partial charge in [0, 0.05) is 62.3 Å². The van der Waals surface area contributed by atoms with Crippen LogP contribution in [0.3, 0.4) is 0 Å². The lowest BCUT2D eigenvalue weighted by Gasteiger charge is -2.50. The maximum atomic E-state index is 12.0. The Labute approximate surface area is 442 Å². The first-order valence-electron chi connectivity index (χ1n) is 26.4. The molecule has 0 saturated heterocycles. The largest absolute Gasteiger partial charge is 0.312 e.